The van der Waals surface area contributed by atoms with Crippen LogP contribution in [0.3, 0.4) is 0 Å². The molecule has 7 heteroatoms. The number of hydrogen-bond acceptors (Lipinski definition) is 3. The molecule has 0 saturated carbocycles. The van der Waals surface area contributed by atoms with Crippen LogP contribution in [0, 0.1) is 5.82 Å². The monoisotopic (exact) mass is 243 g/mol. The van der Waals surface area contributed by atoms with Gasteiger partial charge in [-0.3, -0.25) is 4.79 Å². The van der Waals surface area contributed by atoms with Gasteiger partial charge in [0.15, 0.2) is 0 Å². The zero-order chi connectivity index (χ0) is 13.0. The highest BCUT2D eigenvalue weighted by Gasteiger charge is 2.08. The molecule has 0 aliphatic rings. The van der Waals surface area contributed by atoms with Gasteiger partial charge in [0, 0.05) is 28.4 Å². The molecular formula is C11H6FN5O. The van der Waals surface area contributed by atoms with Crippen molar-refractivity contribution >= 4 is 5.91 Å². The highest BCUT2D eigenvalue weighted by molar-refractivity contribution is 5.96. The SMILES string of the molecule is [N-]=[N+]=NC(=O)c1cc(F)cc(-c2cncnc2)c1. The molecule has 0 aliphatic carbocycles. The number of aromatic nitrogens is 2. The maximum atomic E-state index is 13.4. The van der Waals surface area contributed by atoms with E-state index in [1.165, 1.54) is 30.9 Å². The quantitative estimate of drug-likeness (QED) is 0.461. The summed E-state index contributed by atoms with van der Waals surface area (Å²) >= 11 is 0. The fourth-order valence-electron chi connectivity index (χ4n) is 1.43. The van der Waals surface area contributed by atoms with Crippen molar-refractivity contribution in [3.05, 3.63) is 58.7 Å². The molecule has 2 aromatic rings. The minimum Gasteiger partial charge on any atom is -0.287 e. The van der Waals surface area contributed by atoms with E-state index in [0.717, 1.165) is 6.07 Å². The van der Waals surface area contributed by atoms with Gasteiger partial charge < -0.3 is 0 Å². The molecule has 88 valence electrons. The van der Waals surface area contributed by atoms with Gasteiger partial charge in [-0.05, 0) is 34.4 Å². The first-order chi connectivity index (χ1) is 8.70. The molecule has 1 aromatic heterocycles. The van der Waals surface area contributed by atoms with Crippen molar-refractivity contribution in [3.8, 4) is 11.1 Å². The van der Waals surface area contributed by atoms with Crippen LogP contribution in [0.25, 0.3) is 21.6 Å². The van der Waals surface area contributed by atoms with E-state index in [0.29, 0.717) is 11.1 Å². The molecule has 18 heavy (non-hydrogen) atoms. The van der Waals surface area contributed by atoms with Gasteiger partial charge in [0.1, 0.15) is 12.1 Å². The molecule has 0 fully saturated rings. The normalized spacial score (nSPS) is 9.61. The van der Waals surface area contributed by atoms with Crippen LogP contribution in [-0.2, 0) is 0 Å². The zero-order valence-corrected chi connectivity index (χ0v) is 8.99. The number of rotatable bonds is 2. The van der Waals surface area contributed by atoms with Crippen LogP contribution >= 0.6 is 0 Å². The van der Waals surface area contributed by atoms with Gasteiger partial charge in [0.25, 0.3) is 0 Å². The standard InChI is InChI=1S/C11H6FN5O/c12-10-2-7(9-4-14-6-15-5-9)1-8(3-10)11(18)16-17-13/h1-6H. The lowest BCUT2D eigenvalue weighted by Gasteiger charge is -2.03. The first-order valence-electron chi connectivity index (χ1n) is 4.86. The molecule has 2 rings (SSSR count). The van der Waals surface area contributed by atoms with Gasteiger partial charge in [-0.1, -0.05) is 0 Å². The van der Waals surface area contributed by atoms with Crippen molar-refractivity contribution in [3.63, 3.8) is 0 Å². The minimum absolute atomic E-state index is 0.0216. The summed E-state index contributed by atoms with van der Waals surface area (Å²) in [6.07, 6.45) is 4.32. The lowest BCUT2D eigenvalue weighted by atomic mass is 10.1. The second-order valence-electron chi connectivity index (χ2n) is 3.35. The maximum Gasteiger partial charge on any atom is 0.249 e. The van der Waals surface area contributed by atoms with E-state index >= 15 is 0 Å². The Kier molecular flexibility index (Phi) is 3.26. The minimum atomic E-state index is -0.838. The van der Waals surface area contributed by atoms with Gasteiger partial charge in [0.05, 0.1) is 0 Å². The van der Waals surface area contributed by atoms with Crippen LogP contribution in [-0.4, -0.2) is 15.9 Å². The Morgan fingerprint density at radius 2 is 1.94 bits per heavy atom. The zero-order valence-electron chi connectivity index (χ0n) is 8.99. The van der Waals surface area contributed by atoms with E-state index in [9.17, 15) is 9.18 Å². The van der Waals surface area contributed by atoms with Crippen LogP contribution in [0.5, 0.6) is 0 Å². The molecule has 0 radical (unpaired) electrons. The molecule has 0 aliphatic heterocycles. The lowest BCUT2D eigenvalue weighted by Crippen LogP contribution is -1.95. The van der Waals surface area contributed by atoms with Crippen molar-refractivity contribution in [2.75, 3.05) is 0 Å². The number of halogens is 1. The Morgan fingerprint density at radius 1 is 1.22 bits per heavy atom. The highest BCUT2D eigenvalue weighted by atomic mass is 19.1. The number of nitrogens with zero attached hydrogens (tertiary/aromatic N) is 5. The maximum absolute atomic E-state index is 13.4. The smallest absolute Gasteiger partial charge is 0.249 e. The molecule has 1 aromatic carbocycles. The largest absolute Gasteiger partial charge is 0.287 e. The lowest BCUT2D eigenvalue weighted by molar-refractivity contribution is 0.1000. The molecule has 1 heterocycles. The molecule has 0 saturated heterocycles. The Balaban J connectivity index is 2.51. The molecule has 1 amide bonds. The fraction of sp³-hybridized carbons (Fsp3) is 0. The summed E-state index contributed by atoms with van der Waals surface area (Å²) in [4.78, 5) is 21.3. The summed E-state index contributed by atoms with van der Waals surface area (Å²) < 4.78 is 13.4. The highest BCUT2D eigenvalue weighted by Crippen LogP contribution is 2.21. The predicted octanol–water partition coefficient (Wildman–Crippen LogP) is 2.73. The number of carbonyl (C=O) groups excluding carboxylic acids is 1. The first kappa shape index (κ1) is 11.7. The van der Waals surface area contributed by atoms with E-state index in [2.05, 4.69) is 20.0 Å². The molecule has 0 N–H and O–H groups in total. The number of carbonyl (C=O) groups is 1. The third kappa shape index (κ3) is 2.47. The van der Waals surface area contributed by atoms with E-state index in [-0.39, 0.29) is 5.56 Å². The summed E-state index contributed by atoms with van der Waals surface area (Å²) in [7, 11) is 0. The summed E-state index contributed by atoms with van der Waals surface area (Å²) in [5, 5.41) is 2.91. The number of azide groups is 1. The molecule has 0 atom stereocenters. The van der Waals surface area contributed by atoms with Crippen molar-refractivity contribution in [2.45, 2.75) is 0 Å². The molecule has 0 unspecified atom stereocenters. The van der Waals surface area contributed by atoms with E-state index in [1.807, 2.05) is 0 Å². The molecule has 0 spiro atoms. The van der Waals surface area contributed by atoms with Gasteiger partial charge >= 0.3 is 0 Å². The summed E-state index contributed by atoms with van der Waals surface area (Å²) in [5.41, 5.74) is 9.15. The van der Waals surface area contributed by atoms with E-state index in [4.69, 9.17) is 5.53 Å². The van der Waals surface area contributed by atoms with Crippen molar-refractivity contribution in [2.24, 2.45) is 5.11 Å². The van der Waals surface area contributed by atoms with E-state index in [1.54, 1.807) is 0 Å². The Hall–Kier alpha value is -2.79. The predicted molar refractivity (Wildman–Crippen MR) is 60.9 cm³/mol. The van der Waals surface area contributed by atoms with Crippen molar-refractivity contribution < 1.29 is 9.18 Å². The number of hydrogen-bond donors (Lipinski definition) is 0. The topological polar surface area (TPSA) is 91.6 Å². The van der Waals surface area contributed by atoms with Gasteiger partial charge in [-0.25, -0.2) is 14.4 Å². The van der Waals surface area contributed by atoms with Crippen LogP contribution in [0.4, 0.5) is 4.39 Å². The second kappa shape index (κ2) is 5.03. The summed E-state index contributed by atoms with van der Waals surface area (Å²) in [5.74, 6) is -1.44. The van der Waals surface area contributed by atoms with Gasteiger partial charge in [0.2, 0.25) is 5.91 Å². The average molecular weight is 243 g/mol. The number of benzene rings is 1. The number of amides is 1. The second-order valence-corrected chi connectivity index (χ2v) is 3.35. The van der Waals surface area contributed by atoms with Crippen LogP contribution in [0.1, 0.15) is 10.4 Å². The Morgan fingerprint density at radius 3 is 2.61 bits per heavy atom. The average Bonchev–Trinajstić information content (AvgIpc) is 2.39. The van der Waals surface area contributed by atoms with Crippen LogP contribution < -0.4 is 0 Å². The van der Waals surface area contributed by atoms with Crippen LogP contribution in [0.15, 0.2) is 42.0 Å². The van der Waals surface area contributed by atoms with E-state index < -0.39 is 11.7 Å². The van der Waals surface area contributed by atoms with Crippen molar-refractivity contribution in [1.82, 2.24) is 9.97 Å². The Labute approximate surface area is 101 Å². The summed E-state index contributed by atoms with van der Waals surface area (Å²) in [6, 6.07) is 3.66. The molecule has 0 bridgehead atoms. The van der Waals surface area contributed by atoms with Crippen LogP contribution in [0.2, 0.25) is 0 Å². The Bertz CT molecular complexity index is 637. The molecular weight excluding hydrogens is 237 g/mol. The van der Waals surface area contributed by atoms with Gasteiger partial charge in [-0.2, -0.15) is 0 Å². The van der Waals surface area contributed by atoms with Gasteiger partial charge in [-0.15, -0.1) is 0 Å². The third-order valence-electron chi connectivity index (χ3n) is 2.17. The molecule has 6 nitrogen and oxygen atoms in total. The summed E-state index contributed by atoms with van der Waals surface area (Å²) in [6.45, 7) is 0. The van der Waals surface area contributed by atoms with Crippen molar-refractivity contribution in [1.29, 1.82) is 0 Å². The first-order valence-corrected chi connectivity index (χ1v) is 4.86. The third-order valence-corrected chi connectivity index (χ3v) is 2.17. The fourth-order valence-corrected chi connectivity index (χ4v) is 1.43.